The molecule has 29 heavy (non-hydrogen) atoms. The van der Waals surface area contributed by atoms with Gasteiger partial charge in [-0.1, -0.05) is 113 Å². The molecule has 3 aromatic rings. The maximum Gasteiger partial charge on any atom is 0.0548 e. The van der Waals surface area contributed by atoms with E-state index in [0.29, 0.717) is 0 Å². The third kappa shape index (κ3) is 3.38. The SMILES string of the molecule is CC1=CC(C(c2cccc(C)c2)(c2cccc(C)c2)c2cccc(C)c2)C=C1C. The highest BCUT2D eigenvalue weighted by Crippen LogP contribution is 2.49. The Bertz CT molecular complexity index is 981. The second kappa shape index (κ2) is 7.52. The largest absolute Gasteiger partial charge is 0.0728 e. The van der Waals surface area contributed by atoms with E-state index in [1.165, 1.54) is 44.5 Å². The maximum absolute atomic E-state index is 2.46. The predicted octanol–water partition coefficient (Wildman–Crippen LogP) is 7.47. The fourth-order valence-electron chi connectivity index (χ4n) is 4.85. The molecule has 0 nitrogen and oxygen atoms in total. The standard InChI is InChI=1S/C29H30/c1-20-9-6-12-25(15-20)29(26-13-7-10-21(2)16-26,27-14-8-11-22(3)17-27)28-18-23(4)24(5)19-28/h6-19,28H,1-5H3. The number of hydrogen-bond acceptors (Lipinski definition) is 0. The van der Waals surface area contributed by atoms with Crippen LogP contribution in [0, 0.1) is 26.7 Å². The summed E-state index contributed by atoms with van der Waals surface area (Å²) in [5, 5.41) is 0. The minimum absolute atomic E-state index is 0.261. The van der Waals surface area contributed by atoms with E-state index in [2.05, 4.69) is 120 Å². The molecular formula is C29H30. The molecule has 1 aliphatic rings. The molecule has 0 aliphatic heterocycles. The highest BCUT2D eigenvalue weighted by Gasteiger charge is 2.43. The average molecular weight is 379 g/mol. The number of rotatable bonds is 4. The third-order valence-corrected chi connectivity index (χ3v) is 6.40. The monoisotopic (exact) mass is 378 g/mol. The zero-order valence-electron chi connectivity index (χ0n) is 18.2. The van der Waals surface area contributed by atoms with Gasteiger partial charge in [0.15, 0.2) is 0 Å². The molecule has 3 aromatic carbocycles. The van der Waals surface area contributed by atoms with Crippen LogP contribution in [0.1, 0.15) is 47.2 Å². The summed E-state index contributed by atoms with van der Waals surface area (Å²) in [5.41, 5.74) is 10.5. The van der Waals surface area contributed by atoms with Crippen molar-refractivity contribution in [2.45, 2.75) is 40.0 Å². The maximum atomic E-state index is 2.46. The van der Waals surface area contributed by atoms with Gasteiger partial charge < -0.3 is 0 Å². The van der Waals surface area contributed by atoms with E-state index in [9.17, 15) is 0 Å². The van der Waals surface area contributed by atoms with Gasteiger partial charge in [0.05, 0.1) is 5.41 Å². The molecule has 0 heteroatoms. The normalized spacial score (nSPS) is 14.7. The molecule has 0 atom stereocenters. The first-order chi connectivity index (χ1) is 13.9. The zero-order valence-corrected chi connectivity index (χ0v) is 18.2. The molecule has 0 bridgehead atoms. The second-order valence-electron chi connectivity index (χ2n) is 8.64. The van der Waals surface area contributed by atoms with E-state index < -0.39 is 0 Å². The van der Waals surface area contributed by atoms with Crippen LogP contribution < -0.4 is 0 Å². The minimum Gasteiger partial charge on any atom is -0.0728 e. The van der Waals surface area contributed by atoms with Crippen LogP contribution in [-0.2, 0) is 5.41 Å². The van der Waals surface area contributed by atoms with Crippen LogP contribution in [-0.4, -0.2) is 0 Å². The molecule has 0 heterocycles. The van der Waals surface area contributed by atoms with Crippen molar-refractivity contribution in [2.75, 3.05) is 0 Å². The van der Waals surface area contributed by atoms with Gasteiger partial charge in [-0.15, -0.1) is 0 Å². The van der Waals surface area contributed by atoms with E-state index in [1.54, 1.807) is 0 Å². The first-order valence-electron chi connectivity index (χ1n) is 10.5. The molecule has 0 radical (unpaired) electrons. The summed E-state index contributed by atoms with van der Waals surface area (Å²) in [6.45, 7) is 11.0. The molecule has 0 saturated carbocycles. The number of aryl methyl sites for hydroxylation is 3. The van der Waals surface area contributed by atoms with Gasteiger partial charge in [0, 0.05) is 5.92 Å². The van der Waals surface area contributed by atoms with Gasteiger partial charge in [-0.3, -0.25) is 0 Å². The van der Waals surface area contributed by atoms with Crippen molar-refractivity contribution >= 4 is 0 Å². The van der Waals surface area contributed by atoms with Crippen molar-refractivity contribution in [2.24, 2.45) is 5.92 Å². The Hall–Kier alpha value is -2.86. The first-order valence-corrected chi connectivity index (χ1v) is 10.5. The van der Waals surface area contributed by atoms with E-state index in [4.69, 9.17) is 0 Å². The Kier molecular flexibility index (Phi) is 5.04. The van der Waals surface area contributed by atoms with Crippen molar-refractivity contribution in [3.8, 4) is 0 Å². The summed E-state index contributed by atoms with van der Waals surface area (Å²) in [4.78, 5) is 0. The highest BCUT2D eigenvalue weighted by atomic mass is 14.4. The van der Waals surface area contributed by atoms with Crippen LogP contribution in [0.4, 0.5) is 0 Å². The molecule has 4 rings (SSSR count). The zero-order chi connectivity index (χ0) is 20.6. The van der Waals surface area contributed by atoms with Crippen molar-refractivity contribution in [3.05, 3.63) is 129 Å². The van der Waals surface area contributed by atoms with Gasteiger partial charge in [-0.2, -0.15) is 0 Å². The van der Waals surface area contributed by atoms with Gasteiger partial charge in [0.2, 0.25) is 0 Å². The van der Waals surface area contributed by atoms with Crippen molar-refractivity contribution < 1.29 is 0 Å². The Morgan fingerprint density at radius 2 is 0.862 bits per heavy atom. The van der Waals surface area contributed by atoms with Crippen LogP contribution in [0.25, 0.3) is 0 Å². The number of hydrogen-bond donors (Lipinski definition) is 0. The Balaban J connectivity index is 2.14. The van der Waals surface area contributed by atoms with Gasteiger partial charge in [0.1, 0.15) is 0 Å². The van der Waals surface area contributed by atoms with Gasteiger partial charge in [-0.05, 0) is 51.3 Å². The molecular weight excluding hydrogens is 348 g/mol. The Morgan fingerprint density at radius 1 is 0.517 bits per heavy atom. The first kappa shape index (κ1) is 19.5. The fourth-order valence-corrected chi connectivity index (χ4v) is 4.85. The predicted molar refractivity (Wildman–Crippen MR) is 124 cm³/mol. The lowest BCUT2D eigenvalue weighted by atomic mass is 9.61. The van der Waals surface area contributed by atoms with E-state index >= 15 is 0 Å². The smallest absolute Gasteiger partial charge is 0.0548 e. The molecule has 0 fully saturated rings. The average Bonchev–Trinajstić information content (AvgIpc) is 3.01. The molecule has 0 amide bonds. The molecule has 0 aromatic heterocycles. The third-order valence-electron chi connectivity index (χ3n) is 6.40. The molecule has 0 unspecified atom stereocenters. The quantitative estimate of drug-likeness (QED) is 0.413. The molecule has 0 spiro atoms. The van der Waals surface area contributed by atoms with E-state index in [0.717, 1.165) is 0 Å². The van der Waals surface area contributed by atoms with E-state index in [1.807, 2.05) is 0 Å². The lowest BCUT2D eigenvalue weighted by Gasteiger charge is -2.40. The highest BCUT2D eigenvalue weighted by molar-refractivity contribution is 5.57. The summed E-state index contributed by atoms with van der Waals surface area (Å²) >= 11 is 0. The van der Waals surface area contributed by atoms with E-state index in [-0.39, 0.29) is 11.3 Å². The van der Waals surface area contributed by atoms with Crippen molar-refractivity contribution in [1.29, 1.82) is 0 Å². The van der Waals surface area contributed by atoms with Crippen LogP contribution in [0.15, 0.2) is 96.1 Å². The summed E-state index contributed by atoms with van der Waals surface area (Å²) < 4.78 is 0. The van der Waals surface area contributed by atoms with Crippen LogP contribution >= 0.6 is 0 Å². The van der Waals surface area contributed by atoms with Crippen LogP contribution in [0.3, 0.4) is 0 Å². The molecule has 1 aliphatic carbocycles. The molecule has 0 saturated heterocycles. The van der Waals surface area contributed by atoms with Crippen molar-refractivity contribution in [1.82, 2.24) is 0 Å². The van der Waals surface area contributed by atoms with Gasteiger partial charge >= 0.3 is 0 Å². The topological polar surface area (TPSA) is 0 Å². The minimum atomic E-state index is -0.261. The van der Waals surface area contributed by atoms with Crippen LogP contribution in [0.5, 0.6) is 0 Å². The summed E-state index contributed by atoms with van der Waals surface area (Å²) in [5.74, 6) is 0.271. The molecule has 0 N–H and O–H groups in total. The second-order valence-corrected chi connectivity index (χ2v) is 8.64. The van der Waals surface area contributed by atoms with Crippen molar-refractivity contribution in [3.63, 3.8) is 0 Å². The summed E-state index contributed by atoms with van der Waals surface area (Å²) in [6, 6.07) is 27.2. The number of allylic oxidation sites excluding steroid dienone is 4. The molecule has 146 valence electrons. The number of benzene rings is 3. The van der Waals surface area contributed by atoms with Gasteiger partial charge in [0.25, 0.3) is 0 Å². The lowest BCUT2D eigenvalue weighted by Crippen LogP contribution is -2.36. The summed E-state index contributed by atoms with van der Waals surface area (Å²) in [7, 11) is 0. The lowest BCUT2D eigenvalue weighted by molar-refractivity contribution is 0.526. The fraction of sp³-hybridized carbons (Fsp3) is 0.241. The Morgan fingerprint density at radius 3 is 1.17 bits per heavy atom. The summed E-state index contributed by atoms with van der Waals surface area (Å²) in [6.07, 6.45) is 4.92. The van der Waals surface area contributed by atoms with Crippen LogP contribution in [0.2, 0.25) is 0 Å². The Labute approximate surface area is 175 Å². The van der Waals surface area contributed by atoms with Gasteiger partial charge in [-0.25, -0.2) is 0 Å².